The lowest BCUT2D eigenvalue weighted by Crippen LogP contribution is -2.32. The van der Waals surface area contributed by atoms with Gasteiger partial charge in [0, 0.05) is 19.3 Å². The van der Waals surface area contributed by atoms with Gasteiger partial charge in [0.1, 0.15) is 17.3 Å². The predicted octanol–water partition coefficient (Wildman–Crippen LogP) is 0.134. The van der Waals surface area contributed by atoms with Crippen molar-refractivity contribution in [1.82, 2.24) is 15.0 Å². The Morgan fingerprint density at radius 2 is 2.26 bits per heavy atom. The van der Waals surface area contributed by atoms with Crippen LogP contribution in [-0.4, -0.2) is 41.7 Å². The maximum absolute atomic E-state index is 11.4. The maximum Gasteiger partial charge on any atom is 0.213 e. The molecule has 2 aromatic rings. The standard InChI is InChI=1S/C11H15N5O2S/c1-7-14-10-9(2-4-13-10)11(15-7)16-5-3-8(6-16)19(12,17)18/h2,4,8H,3,5-6H2,1H3,(H2,12,17,18)(H,13,14,15)/t8-/m1/s1. The number of hydrogen-bond acceptors (Lipinski definition) is 5. The molecule has 3 N–H and O–H groups in total. The van der Waals surface area contributed by atoms with Gasteiger partial charge in [-0.3, -0.25) is 0 Å². The molecule has 3 rings (SSSR count). The molecule has 7 nitrogen and oxygen atoms in total. The zero-order valence-corrected chi connectivity index (χ0v) is 11.3. The molecule has 8 heteroatoms. The number of nitrogens with two attached hydrogens (primary N) is 1. The zero-order chi connectivity index (χ0) is 13.6. The van der Waals surface area contributed by atoms with E-state index in [0.29, 0.717) is 25.3 Å². The molecule has 0 unspecified atom stereocenters. The summed E-state index contributed by atoms with van der Waals surface area (Å²) in [4.78, 5) is 13.7. The van der Waals surface area contributed by atoms with Gasteiger partial charge < -0.3 is 9.88 Å². The second-order valence-corrected chi connectivity index (χ2v) is 6.62. The van der Waals surface area contributed by atoms with Gasteiger partial charge in [0.15, 0.2) is 0 Å². The van der Waals surface area contributed by atoms with Crippen molar-refractivity contribution < 1.29 is 8.42 Å². The Balaban J connectivity index is 2.00. The molecule has 2 aromatic heterocycles. The number of sulfonamides is 1. The van der Waals surface area contributed by atoms with Crippen molar-refractivity contribution in [1.29, 1.82) is 0 Å². The van der Waals surface area contributed by atoms with Gasteiger partial charge >= 0.3 is 0 Å². The van der Waals surface area contributed by atoms with Crippen LogP contribution in [0.15, 0.2) is 12.3 Å². The molecule has 1 fully saturated rings. The van der Waals surface area contributed by atoms with E-state index < -0.39 is 15.3 Å². The Morgan fingerprint density at radius 3 is 2.95 bits per heavy atom. The summed E-state index contributed by atoms with van der Waals surface area (Å²) in [7, 11) is -3.49. The van der Waals surface area contributed by atoms with E-state index >= 15 is 0 Å². The number of aryl methyl sites for hydroxylation is 1. The van der Waals surface area contributed by atoms with Crippen molar-refractivity contribution >= 4 is 26.9 Å². The number of hydrogen-bond donors (Lipinski definition) is 2. The first-order chi connectivity index (χ1) is 8.95. The fourth-order valence-corrected chi connectivity index (χ4v) is 3.29. The largest absolute Gasteiger partial charge is 0.355 e. The van der Waals surface area contributed by atoms with Crippen molar-refractivity contribution in [3.05, 3.63) is 18.1 Å². The highest BCUT2D eigenvalue weighted by Crippen LogP contribution is 2.27. The normalized spacial score (nSPS) is 20.3. The summed E-state index contributed by atoms with van der Waals surface area (Å²) in [6.45, 7) is 2.84. The molecule has 19 heavy (non-hydrogen) atoms. The summed E-state index contributed by atoms with van der Waals surface area (Å²) in [5.41, 5.74) is 0.765. The molecule has 0 spiro atoms. The van der Waals surface area contributed by atoms with Gasteiger partial charge in [-0.1, -0.05) is 0 Å². The van der Waals surface area contributed by atoms with Crippen molar-refractivity contribution in [2.24, 2.45) is 5.14 Å². The molecule has 0 radical (unpaired) electrons. The molecule has 1 atom stereocenters. The van der Waals surface area contributed by atoms with E-state index in [-0.39, 0.29) is 0 Å². The number of primary sulfonamides is 1. The Morgan fingerprint density at radius 1 is 1.47 bits per heavy atom. The molecule has 1 aliphatic heterocycles. The summed E-state index contributed by atoms with van der Waals surface area (Å²) in [6.07, 6.45) is 2.34. The molecule has 1 saturated heterocycles. The number of anilines is 1. The Labute approximate surface area is 110 Å². The average molecular weight is 281 g/mol. The second-order valence-electron chi connectivity index (χ2n) is 4.78. The van der Waals surface area contributed by atoms with E-state index in [1.165, 1.54) is 0 Å². The topological polar surface area (TPSA) is 105 Å². The summed E-state index contributed by atoms with van der Waals surface area (Å²) in [5, 5.41) is 5.60. The molecule has 1 aliphatic rings. The van der Waals surface area contributed by atoms with Crippen molar-refractivity contribution in [2.45, 2.75) is 18.6 Å². The molecule has 3 heterocycles. The summed E-state index contributed by atoms with van der Waals surface area (Å²) in [5.74, 6) is 1.43. The molecule has 0 aliphatic carbocycles. The molecule has 0 saturated carbocycles. The van der Waals surface area contributed by atoms with Crippen LogP contribution in [0.1, 0.15) is 12.2 Å². The van der Waals surface area contributed by atoms with E-state index in [0.717, 1.165) is 16.9 Å². The molecule has 0 amide bonds. The van der Waals surface area contributed by atoms with E-state index in [9.17, 15) is 8.42 Å². The molecule has 0 aromatic carbocycles. The highest BCUT2D eigenvalue weighted by Gasteiger charge is 2.32. The van der Waals surface area contributed by atoms with E-state index in [1.807, 2.05) is 17.9 Å². The molecular weight excluding hydrogens is 266 g/mol. The van der Waals surface area contributed by atoms with Crippen LogP contribution >= 0.6 is 0 Å². The highest BCUT2D eigenvalue weighted by atomic mass is 32.2. The van der Waals surface area contributed by atoms with Gasteiger partial charge in [-0.05, 0) is 19.4 Å². The SMILES string of the molecule is Cc1nc(N2CC[C@@H](S(N)(=O)=O)C2)c2cc[nH]c2n1. The van der Waals surface area contributed by atoms with Gasteiger partial charge in [0.2, 0.25) is 10.0 Å². The lowest BCUT2D eigenvalue weighted by Gasteiger charge is -2.18. The van der Waals surface area contributed by atoms with Crippen LogP contribution < -0.4 is 10.0 Å². The highest BCUT2D eigenvalue weighted by molar-refractivity contribution is 7.89. The second kappa shape index (κ2) is 4.17. The van der Waals surface area contributed by atoms with Crippen LogP contribution in [0.2, 0.25) is 0 Å². The zero-order valence-electron chi connectivity index (χ0n) is 10.5. The average Bonchev–Trinajstić information content (AvgIpc) is 2.94. The Hall–Kier alpha value is -1.67. The number of nitrogens with zero attached hydrogens (tertiary/aromatic N) is 3. The first kappa shape index (κ1) is 12.4. The number of aromatic nitrogens is 3. The van der Waals surface area contributed by atoms with E-state index in [1.54, 1.807) is 6.20 Å². The summed E-state index contributed by atoms with van der Waals surface area (Å²) >= 11 is 0. The third kappa shape index (κ3) is 2.17. The van der Waals surface area contributed by atoms with Gasteiger partial charge in [0.05, 0.1) is 10.6 Å². The third-order valence-electron chi connectivity index (χ3n) is 3.42. The van der Waals surface area contributed by atoms with Gasteiger partial charge in [0.25, 0.3) is 0 Å². The number of rotatable bonds is 2. The van der Waals surface area contributed by atoms with Gasteiger partial charge in [-0.25, -0.2) is 23.5 Å². The van der Waals surface area contributed by atoms with Gasteiger partial charge in [-0.2, -0.15) is 0 Å². The molecular formula is C11H15N5O2S. The van der Waals surface area contributed by atoms with Crippen LogP contribution in [0.5, 0.6) is 0 Å². The lowest BCUT2D eigenvalue weighted by molar-refractivity contribution is 0.585. The lowest BCUT2D eigenvalue weighted by atomic mass is 10.3. The van der Waals surface area contributed by atoms with E-state index in [2.05, 4.69) is 15.0 Å². The van der Waals surface area contributed by atoms with Crippen molar-refractivity contribution in [3.8, 4) is 0 Å². The number of fused-ring (bicyclic) bond motifs is 1. The minimum Gasteiger partial charge on any atom is -0.355 e. The van der Waals surface area contributed by atoms with Crippen LogP contribution in [0.3, 0.4) is 0 Å². The third-order valence-corrected chi connectivity index (χ3v) is 4.73. The molecule has 102 valence electrons. The fourth-order valence-electron chi connectivity index (χ4n) is 2.46. The minimum atomic E-state index is -3.49. The fraction of sp³-hybridized carbons (Fsp3) is 0.455. The smallest absolute Gasteiger partial charge is 0.213 e. The monoisotopic (exact) mass is 281 g/mol. The summed E-state index contributed by atoms with van der Waals surface area (Å²) < 4.78 is 22.8. The number of aromatic amines is 1. The quantitative estimate of drug-likeness (QED) is 0.814. The van der Waals surface area contributed by atoms with Crippen LogP contribution in [0.4, 0.5) is 5.82 Å². The van der Waals surface area contributed by atoms with Crippen LogP contribution in [0.25, 0.3) is 11.0 Å². The number of H-pyrrole nitrogens is 1. The Kier molecular flexibility index (Phi) is 2.72. The molecule has 0 bridgehead atoms. The van der Waals surface area contributed by atoms with Crippen LogP contribution in [0, 0.1) is 6.92 Å². The minimum absolute atomic E-state index is 0.384. The number of nitrogens with one attached hydrogen (secondary N) is 1. The first-order valence-corrected chi connectivity index (χ1v) is 7.64. The predicted molar refractivity (Wildman–Crippen MR) is 72.4 cm³/mol. The van der Waals surface area contributed by atoms with E-state index in [4.69, 9.17) is 5.14 Å². The Bertz CT molecular complexity index is 724. The van der Waals surface area contributed by atoms with Crippen LogP contribution in [-0.2, 0) is 10.0 Å². The maximum atomic E-state index is 11.4. The van der Waals surface area contributed by atoms with Crippen molar-refractivity contribution in [2.75, 3.05) is 18.0 Å². The van der Waals surface area contributed by atoms with Gasteiger partial charge in [-0.15, -0.1) is 0 Å². The first-order valence-electron chi connectivity index (χ1n) is 6.03. The summed E-state index contributed by atoms with van der Waals surface area (Å²) in [6, 6.07) is 1.90. The van der Waals surface area contributed by atoms with Crippen molar-refractivity contribution in [3.63, 3.8) is 0 Å².